The Balaban J connectivity index is 2.08. The molecule has 5 heteroatoms. The molecule has 2 aromatic rings. The van der Waals surface area contributed by atoms with Crippen molar-refractivity contribution < 1.29 is 4.79 Å². The maximum Gasteiger partial charge on any atom is 0.228 e. The fraction of sp³-hybridized carbons (Fsp3) is 0.0769. The van der Waals surface area contributed by atoms with Gasteiger partial charge in [0.05, 0.1) is 6.42 Å². The third-order valence-electron chi connectivity index (χ3n) is 2.36. The second-order valence-electron chi connectivity index (χ2n) is 3.66. The second-order valence-corrected chi connectivity index (χ2v) is 5.37. The lowest BCUT2D eigenvalue weighted by molar-refractivity contribution is -0.115. The van der Waals surface area contributed by atoms with Crippen LogP contribution >= 0.6 is 31.9 Å². The zero-order chi connectivity index (χ0) is 13.0. The monoisotopic (exact) mass is 368 g/mol. The number of rotatable bonds is 3. The van der Waals surface area contributed by atoms with Gasteiger partial charge < -0.3 is 5.32 Å². The molecule has 0 saturated carbocycles. The van der Waals surface area contributed by atoms with Gasteiger partial charge in [0.15, 0.2) is 0 Å². The van der Waals surface area contributed by atoms with Crippen LogP contribution in [0.15, 0.2) is 51.7 Å². The van der Waals surface area contributed by atoms with Crippen molar-refractivity contribution in [1.29, 1.82) is 0 Å². The summed E-state index contributed by atoms with van der Waals surface area (Å²) < 4.78 is 1.84. The average Bonchev–Trinajstić information content (AvgIpc) is 2.35. The number of anilines is 1. The highest BCUT2D eigenvalue weighted by molar-refractivity contribution is 9.11. The van der Waals surface area contributed by atoms with Crippen LogP contribution < -0.4 is 5.32 Å². The highest BCUT2D eigenvalue weighted by atomic mass is 79.9. The van der Waals surface area contributed by atoms with Crippen molar-refractivity contribution in [2.75, 3.05) is 5.32 Å². The maximum absolute atomic E-state index is 11.9. The van der Waals surface area contributed by atoms with Gasteiger partial charge in [-0.15, -0.1) is 0 Å². The van der Waals surface area contributed by atoms with Gasteiger partial charge in [0.25, 0.3) is 0 Å². The molecule has 92 valence electrons. The number of halogens is 2. The van der Waals surface area contributed by atoms with Crippen LogP contribution in [-0.4, -0.2) is 10.9 Å². The molecule has 0 spiro atoms. The standard InChI is InChI=1S/C13H10Br2N2O/c14-11-2-1-3-12(15)10(11)8-13(18)17-9-4-6-16-7-5-9/h1-7H,8H2,(H,16,17,18). The van der Waals surface area contributed by atoms with Crippen LogP contribution in [0.4, 0.5) is 5.69 Å². The van der Waals surface area contributed by atoms with Crippen LogP contribution in [0.1, 0.15) is 5.56 Å². The van der Waals surface area contributed by atoms with E-state index in [0.29, 0.717) is 6.42 Å². The summed E-state index contributed by atoms with van der Waals surface area (Å²) in [6.07, 6.45) is 3.60. The number of hydrogen-bond donors (Lipinski definition) is 1. The number of hydrogen-bond acceptors (Lipinski definition) is 2. The van der Waals surface area contributed by atoms with Gasteiger partial charge in [0, 0.05) is 27.0 Å². The Labute approximate surface area is 122 Å². The van der Waals surface area contributed by atoms with Crippen molar-refractivity contribution in [3.05, 3.63) is 57.2 Å². The Bertz CT molecular complexity index is 538. The molecule has 1 aromatic carbocycles. The molecular formula is C13H10Br2N2O. The summed E-state index contributed by atoms with van der Waals surface area (Å²) in [5, 5.41) is 2.82. The lowest BCUT2D eigenvalue weighted by atomic mass is 10.1. The Morgan fingerprint density at radius 3 is 2.33 bits per heavy atom. The summed E-state index contributed by atoms with van der Waals surface area (Å²) >= 11 is 6.88. The van der Waals surface area contributed by atoms with Gasteiger partial charge in [-0.3, -0.25) is 9.78 Å². The molecule has 0 aliphatic carbocycles. The van der Waals surface area contributed by atoms with Gasteiger partial charge in [-0.1, -0.05) is 37.9 Å². The van der Waals surface area contributed by atoms with Crippen LogP contribution in [0.3, 0.4) is 0 Å². The van der Waals surface area contributed by atoms with Crippen LogP contribution in [0.5, 0.6) is 0 Å². The predicted octanol–water partition coefficient (Wildman–Crippen LogP) is 3.79. The molecule has 0 atom stereocenters. The van der Waals surface area contributed by atoms with Crippen LogP contribution in [0.25, 0.3) is 0 Å². The van der Waals surface area contributed by atoms with Gasteiger partial charge in [-0.2, -0.15) is 0 Å². The van der Waals surface area contributed by atoms with Gasteiger partial charge in [0.1, 0.15) is 0 Å². The molecule has 0 aliphatic rings. The van der Waals surface area contributed by atoms with Gasteiger partial charge >= 0.3 is 0 Å². The van der Waals surface area contributed by atoms with Gasteiger partial charge in [0.2, 0.25) is 5.91 Å². The van der Waals surface area contributed by atoms with E-state index in [1.165, 1.54) is 0 Å². The molecule has 0 unspecified atom stereocenters. The predicted molar refractivity (Wildman–Crippen MR) is 78.4 cm³/mol. The highest BCUT2D eigenvalue weighted by Gasteiger charge is 2.10. The van der Waals surface area contributed by atoms with Crippen molar-refractivity contribution in [3.63, 3.8) is 0 Å². The zero-order valence-corrected chi connectivity index (χ0v) is 12.5. The van der Waals surface area contributed by atoms with Crippen LogP contribution in [0, 0.1) is 0 Å². The molecule has 0 saturated heterocycles. The molecule has 0 bridgehead atoms. The molecule has 1 amide bonds. The van der Waals surface area contributed by atoms with E-state index in [1.807, 2.05) is 18.2 Å². The van der Waals surface area contributed by atoms with E-state index in [4.69, 9.17) is 0 Å². The molecule has 2 rings (SSSR count). The lowest BCUT2D eigenvalue weighted by Crippen LogP contribution is -2.15. The second kappa shape index (κ2) is 6.11. The first-order valence-electron chi connectivity index (χ1n) is 5.29. The van der Waals surface area contributed by atoms with Crippen molar-refractivity contribution in [1.82, 2.24) is 4.98 Å². The number of benzene rings is 1. The van der Waals surface area contributed by atoms with E-state index < -0.39 is 0 Å². The Morgan fingerprint density at radius 2 is 1.72 bits per heavy atom. The molecule has 1 N–H and O–H groups in total. The van der Waals surface area contributed by atoms with E-state index in [1.54, 1.807) is 24.5 Å². The third-order valence-corrected chi connectivity index (χ3v) is 3.85. The van der Waals surface area contributed by atoms with Gasteiger partial charge in [-0.05, 0) is 29.8 Å². The Morgan fingerprint density at radius 1 is 1.11 bits per heavy atom. The van der Waals surface area contributed by atoms with Crippen LogP contribution in [-0.2, 0) is 11.2 Å². The SMILES string of the molecule is O=C(Cc1c(Br)cccc1Br)Nc1ccncc1. The summed E-state index contributed by atoms with van der Waals surface area (Å²) in [6.45, 7) is 0. The van der Waals surface area contributed by atoms with Crippen molar-refractivity contribution in [3.8, 4) is 0 Å². The molecule has 0 fully saturated rings. The number of pyridine rings is 1. The zero-order valence-electron chi connectivity index (χ0n) is 9.36. The molecular weight excluding hydrogens is 360 g/mol. The van der Waals surface area contributed by atoms with E-state index in [0.717, 1.165) is 20.2 Å². The largest absolute Gasteiger partial charge is 0.326 e. The Hall–Kier alpha value is -1.20. The smallest absolute Gasteiger partial charge is 0.228 e. The van der Waals surface area contributed by atoms with E-state index in [-0.39, 0.29) is 5.91 Å². The minimum atomic E-state index is -0.0613. The number of carbonyl (C=O) groups is 1. The summed E-state index contributed by atoms with van der Waals surface area (Å²) in [5.41, 5.74) is 1.68. The molecule has 0 aliphatic heterocycles. The van der Waals surface area contributed by atoms with E-state index >= 15 is 0 Å². The number of nitrogens with one attached hydrogen (secondary N) is 1. The quantitative estimate of drug-likeness (QED) is 0.894. The maximum atomic E-state index is 11.9. The fourth-order valence-electron chi connectivity index (χ4n) is 1.50. The average molecular weight is 370 g/mol. The number of aromatic nitrogens is 1. The summed E-state index contributed by atoms with van der Waals surface area (Å²) in [5.74, 6) is -0.0613. The van der Waals surface area contributed by atoms with Crippen molar-refractivity contribution in [2.45, 2.75) is 6.42 Å². The first-order valence-corrected chi connectivity index (χ1v) is 6.88. The first kappa shape index (κ1) is 13.2. The molecule has 1 aromatic heterocycles. The van der Waals surface area contributed by atoms with Gasteiger partial charge in [-0.25, -0.2) is 0 Å². The van der Waals surface area contributed by atoms with E-state index in [9.17, 15) is 4.79 Å². The molecule has 3 nitrogen and oxygen atoms in total. The number of carbonyl (C=O) groups excluding carboxylic acids is 1. The normalized spacial score (nSPS) is 10.1. The minimum absolute atomic E-state index is 0.0613. The van der Waals surface area contributed by atoms with E-state index in [2.05, 4.69) is 42.2 Å². The summed E-state index contributed by atoms with van der Waals surface area (Å²) in [7, 11) is 0. The van der Waals surface area contributed by atoms with Crippen LogP contribution in [0.2, 0.25) is 0 Å². The molecule has 1 heterocycles. The van der Waals surface area contributed by atoms with Crippen molar-refractivity contribution in [2.24, 2.45) is 0 Å². The highest BCUT2D eigenvalue weighted by Crippen LogP contribution is 2.25. The molecule has 0 radical (unpaired) electrons. The summed E-state index contributed by atoms with van der Waals surface area (Å²) in [4.78, 5) is 15.8. The topological polar surface area (TPSA) is 42.0 Å². The number of nitrogens with zero attached hydrogens (tertiary/aromatic N) is 1. The minimum Gasteiger partial charge on any atom is -0.326 e. The summed E-state index contributed by atoms with van der Waals surface area (Å²) in [6, 6.07) is 9.26. The fourth-order valence-corrected chi connectivity index (χ4v) is 2.78. The third kappa shape index (κ3) is 3.40. The Kier molecular flexibility index (Phi) is 4.49. The first-order chi connectivity index (χ1) is 8.66. The number of amides is 1. The molecule has 18 heavy (non-hydrogen) atoms. The van der Waals surface area contributed by atoms with Crippen molar-refractivity contribution >= 4 is 43.5 Å². The lowest BCUT2D eigenvalue weighted by Gasteiger charge is -2.08.